The summed E-state index contributed by atoms with van der Waals surface area (Å²) in [6, 6.07) is 2.61. The number of nitrogens with zero attached hydrogens (tertiary/aromatic N) is 1. The van der Waals surface area contributed by atoms with Gasteiger partial charge in [-0.05, 0) is 42.4 Å². The minimum absolute atomic E-state index is 0.0326. The fourth-order valence-corrected chi connectivity index (χ4v) is 6.30. The molecule has 10 nitrogen and oxygen atoms in total. The molecule has 4 N–H and O–H groups in total. The molecule has 0 radical (unpaired) electrons. The number of aliphatic hydroxyl groups is 1. The van der Waals surface area contributed by atoms with Crippen LogP contribution in [0, 0.1) is 35.5 Å². The number of benzene rings is 1. The highest BCUT2D eigenvalue weighted by Crippen LogP contribution is 2.53. The SMILES string of the molecule is CC(C)[C@@H]1C(=O)C(C(N)=O)C(=O)[C@@]2(O)C(=O)C3C(=O)c4c(O)ccc(C(=O)N(C)C)c4C[C@H]3C[C@@H]12. The van der Waals surface area contributed by atoms with Gasteiger partial charge in [-0.1, -0.05) is 13.8 Å². The van der Waals surface area contributed by atoms with E-state index < -0.39 is 81.8 Å². The minimum atomic E-state index is -2.73. The van der Waals surface area contributed by atoms with Crippen LogP contribution in [0.2, 0.25) is 0 Å². The van der Waals surface area contributed by atoms with E-state index in [2.05, 4.69) is 0 Å². The monoisotopic (exact) mass is 484 g/mol. The molecule has 2 unspecified atom stereocenters. The van der Waals surface area contributed by atoms with Crippen molar-refractivity contribution in [3.8, 4) is 5.75 Å². The van der Waals surface area contributed by atoms with E-state index in [0.717, 1.165) is 0 Å². The molecule has 0 saturated heterocycles. The predicted molar refractivity (Wildman–Crippen MR) is 120 cm³/mol. The van der Waals surface area contributed by atoms with Crippen molar-refractivity contribution < 1.29 is 39.0 Å². The van der Waals surface area contributed by atoms with Crippen LogP contribution in [-0.2, 0) is 25.6 Å². The summed E-state index contributed by atoms with van der Waals surface area (Å²) in [5, 5.41) is 22.0. The summed E-state index contributed by atoms with van der Waals surface area (Å²) in [5.41, 5.74) is 2.87. The first-order chi connectivity index (χ1) is 16.2. The molecule has 0 bridgehead atoms. The minimum Gasteiger partial charge on any atom is -0.507 e. The van der Waals surface area contributed by atoms with Gasteiger partial charge in [-0.3, -0.25) is 28.8 Å². The Balaban J connectivity index is 1.89. The molecule has 186 valence electrons. The lowest BCUT2D eigenvalue weighted by Gasteiger charge is -2.52. The number of aromatic hydroxyl groups is 1. The second-order valence-electron chi connectivity index (χ2n) is 10.3. The van der Waals surface area contributed by atoms with Crippen LogP contribution in [0.3, 0.4) is 0 Å². The third-order valence-corrected chi connectivity index (χ3v) is 7.83. The van der Waals surface area contributed by atoms with Gasteiger partial charge in [0.25, 0.3) is 5.91 Å². The summed E-state index contributed by atoms with van der Waals surface area (Å²) in [5.74, 6) is -12.7. The summed E-state index contributed by atoms with van der Waals surface area (Å²) >= 11 is 0. The lowest BCUT2D eigenvalue weighted by atomic mass is 9.49. The van der Waals surface area contributed by atoms with Crippen LogP contribution in [-0.4, -0.2) is 69.8 Å². The highest BCUT2D eigenvalue weighted by atomic mass is 16.3. The number of nitrogens with two attached hydrogens (primary N) is 1. The number of carbonyl (C=O) groups excluding carboxylic acids is 6. The molecule has 0 spiro atoms. The molecule has 2 amide bonds. The van der Waals surface area contributed by atoms with Crippen molar-refractivity contribution in [3.63, 3.8) is 0 Å². The Morgan fingerprint density at radius 3 is 2.29 bits per heavy atom. The molecular weight excluding hydrogens is 456 g/mol. The fraction of sp³-hybridized carbons (Fsp3) is 0.520. The van der Waals surface area contributed by atoms with Crippen LogP contribution in [0.5, 0.6) is 5.75 Å². The Hall–Kier alpha value is -3.40. The van der Waals surface area contributed by atoms with Crippen molar-refractivity contribution in [2.45, 2.75) is 32.3 Å². The van der Waals surface area contributed by atoms with E-state index in [9.17, 15) is 39.0 Å². The third kappa shape index (κ3) is 3.26. The van der Waals surface area contributed by atoms with Crippen molar-refractivity contribution in [2.75, 3.05) is 14.1 Å². The zero-order chi connectivity index (χ0) is 26.1. The summed E-state index contributed by atoms with van der Waals surface area (Å²) < 4.78 is 0. The van der Waals surface area contributed by atoms with Gasteiger partial charge >= 0.3 is 0 Å². The van der Waals surface area contributed by atoms with Crippen LogP contribution in [0.4, 0.5) is 0 Å². The molecule has 0 aromatic heterocycles. The first kappa shape index (κ1) is 24.7. The average molecular weight is 485 g/mol. The average Bonchev–Trinajstić information content (AvgIpc) is 2.75. The van der Waals surface area contributed by atoms with E-state index in [1.807, 2.05) is 0 Å². The lowest BCUT2D eigenvalue weighted by molar-refractivity contribution is -0.182. The Bertz CT molecular complexity index is 1200. The third-order valence-electron chi connectivity index (χ3n) is 7.83. The molecule has 3 aliphatic rings. The Morgan fingerprint density at radius 1 is 1.11 bits per heavy atom. The molecule has 2 saturated carbocycles. The maximum absolute atomic E-state index is 13.7. The zero-order valence-electron chi connectivity index (χ0n) is 19.9. The number of phenolic OH excluding ortho intramolecular Hbond substituents is 1. The number of primary amides is 1. The normalized spacial score (nSPS) is 32.1. The van der Waals surface area contributed by atoms with Gasteiger partial charge in [0.05, 0.1) is 11.5 Å². The summed E-state index contributed by atoms with van der Waals surface area (Å²) in [4.78, 5) is 79.7. The van der Waals surface area contributed by atoms with E-state index in [4.69, 9.17) is 5.73 Å². The number of rotatable bonds is 3. The number of hydrogen-bond donors (Lipinski definition) is 3. The molecule has 3 aliphatic carbocycles. The zero-order valence-corrected chi connectivity index (χ0v) is 19.9. The van der Waals surface area contributed by atoms with Crippen molar-refractivity contribution in [2.24, 2.45) is 41.2 Å². The number of ketones is 4. The Morgan fingerprint density at radius 2 is 1.74 bits per heavy atom. The molecule has 35 heavy (non-hydrogen) atoms. The van der Waals surface area contributed by atoms with Gasteiger partial charge in [-0.15, -0.1) is 0 Å². The van der Waals surface area contributed by atoms with Crippen LogP contribution < -0.4 is 5.73 Å². The van der Waals surface area contributed by atoms with Crippen molar-refractivity contribution in [1.82, 2.24) is 4.90 Å². The van der Waals surface area contributed by atoms with Gasteiger partial charge in [-0.2, -0.15) is 0 Å². The molecule has 2 fully saturated rings. The van der Waals surface area contributed by atoms with Gasteiger partial charge in [0, 0.05) is 31.5 Å². The highest BCUT2D eigenvalue weighted by Gasteiger charge is 2.69. The Labute approximate surface area is 201 Å². The number of hydrogen-bond acceptors (Lipinski definition) is 8. The van der Waals surface area contributed by atoms with Crippen LogP contribution in [0.25, 0.3) is 0 Å². The molecule has 6 atom stereocenters. The highest BCUT2D eigenvalue weighted by molar-refractivity contribution is 6.32. The maximum Gasteiger partial charge on any atom is 0.253 e. The Kier molecular flexibility index (Phi) is 5.71. The summed E-state index contributed by atoms with van der Waals surface area (Å²) in [6.07, 6.45) is 0.0228. The van der Waals surface area contributed by atoms with Crippen LogP contribution in [0.1, 0.15) is 46.5 Å². The number of phenols is 1. The predicted octanol–water partition coefficient (Wildman–Crippen LogP) is -0.0892. The van der Waals surface area contributed by atoms with E-state index in [1.54, 1.807) is 27.9 Å². The van der Waals surface area contributed by atoms with Gasteiger partial charge in [0.1, 0.15) is 5.75 Å². The van der Waals surface area contributed by atoms with Gasteiger partial charge in [-0.25, -0.2) is 0 Å². The summed E-state index contributed by atoms with van der Waals surface area (Å²) in [7, 11) is 3.09. The number of fused-ring (bicyclic) bond motifs is 3. The van der Waals surface area contributed by atoms with E-state index in [0.29, 0.717) is 0 Å². The number of amides is 2. The van der Waals surface area contributed by atoms with Gasteiger partial charge < -0.3 is 20.8 Å². The lowest BCUT2D eigenvalue weighted by Crippen LogP contribution is -2.71. The quantitative estimate of drug-likeness (QED) is 0.499. The van der Waals surface area contributed by atoms with Crippen LogP contribution >= 0.6 is 0 Å². The first-order valence-electron chi connectivity index (χ1n) is 11.5. The number of Topliss-reactive ketones (excluding diaryl/α,β-unsaturated/α-hetero) is 4. The molecule has 4 rings (SSSR count). The smallest absolute Gasteiger partial charge is 0.253 e. The largest absolute Gasteiger partial charge is 0.507 e. The van der Waals surface area contributed by atoms with Crippen molar-refractivity contribution in [3.05, 3.63) is 28.8 Å². The van der Waals surface area contributed by atoms with Gasteiger partial charge in [0.15, 0.2) is 34.7 Å². The summed E-state index contributed by atoms with van der Waals surface area (Å²) in [6.45, 7) is 3.36. The van der Waals surface area contributed by atoms with Crippen LogP contribution in [0.15, 0.2) is 12.1 Å². The second kappa shape index (κ2) is 8.08. The van der Waals surface area contributed by atoms with Crippen molar-refractivity contribution >= 4 is 34.9 Å². The van der Waals surface area contributed by atoms with Gasteiger partial charge in [0.2, 0.25) is 5.91 Å². The fourth-order valence-electron chi connectivity index (χ4n) is 6.30. The van der Waals surface area contributed by atoms with Crippen molar-refractivity contribution in [1.29, 1.82) is 0 Å². The second-order valence-corrected chi connectivity index (χ2v) is 10.3. The first-order valence-corrected chi connectivity index (χ1v) is 11.5. The standard InChI is InChI=1S/C25H28N2O8/c1-9(2)15-13-8-10-7-12-11(24(34)27(3)4)5-6-14(28)17(12)20(30)16(10)21(31)25(13,35)22(32)18(19(15)29)23(26)33/h5-6,9-10,13,15-16,18,28,35H,7-8H2,1-4H3,(H2,26,33)/t10-,13-,15-,16?,18?,25-/m0/s1. The topological polar surface area (TPSA) is 172 Å². The van der Waals surface area contributed by atoms with E-state index >= 15 is 0 Å². The van der Waals surface area contributed by atoms with E-state index in [-0.39, 0.29) is 29.5 Å². The molecule has 0 heterocycles. The molecule has 0 aliphatic heterocycles. The number of carbonyl (C=O) groups is 6. The maximum atomic E-state index is 13.7. The molecule has 1 aromatic rings. The molecule has 1 aromatic carbocycles. The van der Waals surface area contributed by atoms with E-state index in [1.165, 1.54) is 17.0 Å². The molecule has 10 heteroatoms. The molecular formula is C25H28N2O8.